The highest BCUT2D eigenvalue weighted by atomic mass is 32.2. The second-order valence-electron chi connectivity index (χ2n) is 4.89. The summed E-state index contributed by atoms with van der Waals surface area (Å²) in [6.45, 7) is 3.91. The molecular weight excluding hydrogens is 308 g/mol. The van der Waals surface area contributed by atoms with Crippen LogP contribution < -0.4 is 10.0 Å². The van der Waals surface area contributed by atoms with Gasteiger partial charge in [-0.1, -0.05) is 6.07 Å². The Morgan fingerprint density at radius 3 is 2.71 bits per heavy atom. The summed E-state index contributed by atoms with van der Waals surface area (Å²) in [6, 6.07) is 3.33. The van der Waals surface area contributed by atoms with Gasteiger partial charge in [-0.2, -0.15) is 11.8 Å². The lowest BCUT2D eigenvalue weighted by atomic mass is 10.3. The lowest BCUT2D eigenvalue weighted by molar-refractivity contribution is 0.307. The average molecular weight is 330 g/mol. The van der Waals surface area contributed by atoms with Crippen molar-refractivity contribution >= 4 is 21.8 Å². The van der Waals surface area contributed by atoms with Crippen LogP contribution >= 0.6 is 11.8 Å². The number of hydrogen-bond acceptors (Lipinski definition) is 6. The molecule has 0 radical (unpaired) electrons. The van der Waals surface area contributed by atoms with Crippen molar-refractivity contribution in [2.75, 3.05) is 44.7 Å². The molecule has 1 aliphatic rings. The summed E-state index contributed by atoms with van der Waals surface area (Å²) in [5.74, 6) is 2.25. The molecule has 0 amide bonds. The van der Waals surface area contributed by atoms with E-state index in [0.29, 0.717) is 13.1 Å². The van der Waals surface area contributed by atoms with Gasteiger partial charge in [0.15, 0.2) is 5.03 Å². The third-order valence-corrected chi connectivity index (χ3v) is 5.60. The molecule has 8 heteroatoms. The van der Waals surface area contributed by atoms with Crippen molar-refractivity contribution < 1.29 is 8.42 Å². The number of rotatable bonds is 7. The lowest BCUT2D eigenvalue weighted by Crippen LogP contribution is -2.39. The maximum atomic E-state index is 12.1. The van der Waals surface area contributed by atoms with E-state index in [-0.39, 0.29) is 5.03 Å². The van der Waals surface area contributed by atoms with Crippen LogP contribution in [-0.4, -0.2) is 63.0 Å². The fourth-order valence-electron chi connectivity index (χ4n) is 2.12. The zero-order valence-corrected chi connectivity index (χ0v) is 13.8. The molecule has 0 aromatic carbocycles. The van der Waals surface area contributed by atoms with Gasteiger partial charge in [0, 0.05) is 50.4 Å². The number of hydrogen-bond donors (Lipinski definition) is 2. The minimum atomic E-state index is -3.51. The fraction of sp³-hybridized carbons (Fsp3) is 0.615. The molecule has 1 aliphatic heterocycles. The van der Waals surface area contributed by atoms with Crippen molar-refractivity contribution in [2.24, 2.45) is 0 Å². The fourth-order valence-corrected chi connectivity index (χ4v) is 4.04. The van der Waals surface area contributed by atoms with Crippen LogP contribution in [0.2, 0.25) is 0 Å². The number of nitrogens with one attached hydrogen (secondary N) is 2. The molecule has 6 nitrogen and oxygen atoms in total. The molecule has 0 aliphatic carbocycles. The zero-order valence-electron chi connectivity index (χ0n) is 12.2. The number of sulfonamides is 1. The normalized spacial score (nSPS) is 17.0. The van der Waals surface area contributed by atoms with Crippen LogP contribution in [0.1, 0.15) is 5.56 Å². The van der Waals surface area contributed by atoms with Gasteiger partial charge in [-0.15, -0.1) is 0 Å². The van der Waals surface area contributed by atoms with Gasteiger partial charge in [-0.05, 0) is 18.7 Å². The van der Waals surface area contributed by atoms with Gasteiger partial charge in [-0.25, -0.2) is 18.1 Å². The second kappa shape index (κ2) is 8.09. The van der Waals surface area contributed by atoms with Crippen LogP contribution in [0.15, 0.2) is 23.4 Å². The monoisotopic (exact) mass is 330 g/mol. The summed E-state index contributed by atoms with van der Waals surface area (Å²) < 4.78 is 26.9. The Hall–Kier alpha value is -0.670. The molecule has 0 atom stereocenters. The molecule has 0 bridgehead atoms. The van der Waals surface area contributed by atoms with E-state index in [1.807, 2.05) is 18.8 Å². The number of aromatic nitrogens is 1. The Bertz CT molecular complexity index is 528. The summed E-state index contributed by atoms with van der Waals surface area (Å²) in [5, 5.41) is 3.08. The topological polar surface area (TPSA) is 74.3 Å². The van der Waals surface area contributed by atoms with Gasteiger partial charge < -0.3 is 10.2 Å². The molecule has 0 spiro atoms. The number of nitrogens with zero attached hydrogens (tertiary/aromatic N) is 2. The van der Waals surface area contributed by atoms with Gasteiger partial charge in [0.05, 0.1) is 0 Å². The van der Waals surface area contributed by atoms with Crippen LogP contribution in [0.5, 0.6) is 0 Å². The van der Waals surface area contributed by atoms with Crippen molar-refractivity contribution in [1.29, 1.82) is 0 Å². The lowest BCUT2D eigenvalue weighted by Gasteiger charge is -2.25. The Morgan fingerprint density at radius 1 is 1.33 bits per heavy atom. The van der Waals surface area contributed by atoms with Crippen LogP contribution in [0.4, 0.5) is 0 Å². The molecule has 1 saturated heterocycles. The van der Waals surface area contributed by atoms with Crippen molar-refractivity contribution in [2.45, 2.75) is 11.6 Å². The van der Waals surface area contributed by atoms with Crippen molar-refractivity contribution in [3.63, 3.8) is 0 Å². The Morgan fingerprint density at radius 2 is 2.10 bits per heavy atom. The highest BCUT2D eigenvalue weighted by molar-refractivity contribution is 7.99. The highest BCUT2D eigenvalue weighted by Gasteiger charge is 2.16. The first-order chi connectivity index (χ1) is 10.1. The molecule has 2 heterocycles. The molecule has 118 valence electrons. The smallest absolute Gasteiger partial charge is 0.258 e. The van der Waals surface area contributed by atoms with E-state index in [0.717, 1.165) is 36.7 Å². The largest absolute Gasteiger partial charge is 0.316 e. The van der Waals surface area contributed by atoms with Gasteiger partial charge in [0.1, 0.15) is 0 Å². The van der Waals surface area contributed by atoms with Gasteiger partial charge >= 0.3 is 0 Å². The molecule has 21 heavy (non-hydrogen) atoms. The zero-order chi connectivity index (χ0) is 15.1. The molecule has 1 aromatic heterocycles. The number of thioether (sulfide) groups is 1. The van der Waals surface area contributed by atoms with E-state index in [2.05, 4.69) is 19.9 Å². The summed E-state index contributed by atoms with van der Waals surface area (Å²) in [5.41, 5.74) is 0.960. The molecule has 0 saturated carbocycles. The Balaban J connectivity index is 1.85. The predicted molar refractivity (Wildman–Crippen MR) is 86.0 cm³/mol. The summed E-state index contributed by atoms with van der Waals surface area (Å²) in [7, 11) is -1.67. The quantitative estimate of drug-likeness (QED) is 0.740. The second-order valence-corrected chi connectivity index (χ2v) is 7.83. The minimum Gasteiger partial charge on any atom is -0.316 e. The van der Waals surface area contributed by atoms with Crippen LogP contribution in [0.25, 0.3) is 0 Å². The maximum Gasteiger partial charge on any atom is 0.258 e. The predicted octanol–water partition coefficient (Wildman–Crippen LogP) is 0.128. The third-order valence-electron chi connectivity index (χ3n) is 3.28. The van der Waals surface area contributed by atoms with Crippen molar-refractivity contribution in [3.05, 3.63) is 23.9 Å². The Kier molecular flexibility index (Phi) is 6.43. The van der Waals surface area contributed by atoms with Gasteiger partial charge in [0.25, 0.3) is 10.0 Å². The number of pyridine rings is 1. The molecular formula is C13H22N4O2S2. The van der Waals surface area contributed by atoms with E-state index < -0.39 is 10.0 Å². The molecule has 2 rings (SSSR count). The average Bonchev–Trinajstić information content (AvgIpc) is 2.49. The van der Waals surface area contributed by atoms with Crippen molar-refractivity contribution in [1.82, 2.24) is 19.9 Å². The van der Waals surface area contributed by atoms with E-state index in [9.17, 15) is 8.42 Å². The van der Waals surface area contributed by atoms with E-state index in [4.69, 9.17) is 0 Å². The van der Waals surface area contributed by atoms with Gasteiger partial charge in [0.2, 0.25) is 0 Å². The molecule has 1 aromatic rings. The van der Waals surface area contributed by atoms with E-state index in [1.165, 1.54) is 0 Å². The summed E-state index contributed by atoms with van der Waals surface area (Å²) in [6.07, 6.45) is 1.59. The van der Waals surface area contributed by atoms with E-state index >= 15 is 0 Å². The van der Waals surface area contributed by atoms with Gasteiger partial charge in [-0.3, -0.25) is 0 Å². The standard InChI is InChI=1S/C13H22N4O2S2/c1-14-10-12-2-3-13(15-11-12)21(18,19)16-4-5-17-6-8-20-9-7-17/h2-3,11,14,16H,4-10H2,1H3. The van der Waals surface area contributed by atoms with Crippen molar-refractivity contribution in [3.8, 4) is 0 Å². The minimum absolute atomic E-state index is 0.0801. The highest BCUT2D eigenvalue weighted by Crippen LogP contribution is 2.09. The molecule has 1 fully saturated rings. The Labute approximate surface area is 130 Å². The first-order valence-corrected chi connectivity index (χ1v) is 9.65. The summed E-state index contributed by atoms with van der Waals surface area (Å²) in [4.78, 5) is 6.31. The van der Waals surface area contributed by atoms with Crippen LogP contribution in [0, 0.1) is 0 Å². The first kappa shape index (κ1) is 16.7. The van der Waals surface area contributed by atoms with Crippen LogP contribution in [0.3, 0.4) is 0 Å². The molecule has 0 unspecified atom stereocenters. The first-order valence-electron chi connectivity index (χ1n) is 7.01. The third kappa shape index (κ3) is 5.23. The molecule has 2 N–H and O–H groups in total. The van der Waals surface area contributed by atoms with E-state index in [1.54, 1.807) is 18.3 Å². The van der Waals surface area contributed by atoms with Crippen LogP contribution in [-0.2, 0) is 16.6 Å². The SMILES string of the molecule is CNCc1ccc(S(=O)(=O)NCCN2CCSCC2)nc1. The summed E-state index contributed by atoms with van der Waals surface area (Å²) >= 11 is 1.94. The maximum absolute atomic E-state index is 12.1.